The number of sulfonamides is 1. The first kappa shape index (κ1) is 19.8. The number of anilines is 1. The third-order valence-electron chi connectivity index (χ3n) is 4.41. The lowest BCUT2D eigenvalue weighted by Gasteiger charge is -2.31. The van der Waals surface area contributed by atoms with E-state index < -0.39 is 21.7 Å². The molecule has 1 heterocycles. The van der Waals surface area contributed by atoms with Crippen LogP contribution in [0.3, 0.4) is 0 Å². The van der Waals surface area contributed by atoms with Gasteiger partial charge in [0.15, 0.2) is 0 Å². The molecule has 0 aromatic heterocycles. The number of nitrogens with zero attached hydrogens (tertiary/aromatic N) is 2. The van der Waals surface area contributed by atoms with Gasteiger partial charge in [-0.1, -0.05) is 23.7 Å². The van der Waals surface area contributed by atoms with Gasteiger partial charge in [0, 0.05) is 26.2 Å². The van der Waals surface area contributed by atoms with Crippen LogP contribution >= 0.6 is 11.6 Å². The minimum atomic E-state index is -3.78. The standard InChI is InChI=1S/C18H19ClFN3O3S/c1-22-8-10-23(11-9-22)27(25,26)13-6-7-17(16(20)12-13)21-18(24)14-4-2-3-5-15(14)19/h2-7,12H,8-11H2,1H3,(H,21,24). The quantitative estimate of drug-likeness (QED) is 0.839. The van der Waals surface area contributed by atoms with Crippen molar-refractivity contribution in [2.45, 2.75) is 4.90 Å². The number of halogens is 2. The Hall–Kier alpha value is -2.00. The Labute approximate surface area is 162 Å². The third-order valence-corrected chi connectivity index (χ3v) is 6.63. The number of amides is 1. The van der Waals surface area contributed by atoms with E-state index in [1.165, 1.54) is 22.5 Å². The van der Waals surface area contributed by atoms with Gasteiger partial charge in [-0.25, -0.2) is 12.8 Å². The number of nitrogens with one attached hydrogen (secondary N) is 1. The van der Waals surface area contributed by atoms with Crippen molar-refractivity contribution in [1.29, 1.82) is 0 Å². The van der Waals surface area contributed by atoms with Gasteiger partial charge < -0.3 is 10.2 Å². The van der Waals surface area contributed by atoms with E-state index in [-0.39, 0.29) is 21.2 Å². The fraction of sp³-hybridized carbons (Fsp3) is 0.278. The number of benzene rings is 2. The summed E-state index contributed by atoms with van der Waals surface area (Å²) in [4.78, 5) is 14.1. The second kappa shape index (κ2) is 7.93. The van der Waals surface area contributed by atoms with Gasteiger partial charge in [0.25, 0.3) is 5.91 Å². The second-order valence-electron chi connectivity index (χ2n) is 6.28. The normalized spacial score (nSPS) is 16.3. The molecule has 2 aromatic rings. The van der Waals surface area contributed by atoms with E-state index in [1.54, 1.807) is 18.2 Å². The molecule has 1 fully saturated rings. The summed E-state index contributed by atoms with van der Waals surface area (Å²) >= 11 is 5.96. The first-order valence-corrected chi connectivity index (χ1v) is 10.1. The molecule has 0 unspecified atom stereocenters. The number of hydrogen-bond donors (Lipinski definition) is 1. The van der Waals surface area contributed by atoms with Crippen LogP contribution in [0.15, 0.2) is 47.4 Å². The summed E-state index contributed by atoms with van der Waals surface area (Å²) in [5.41, 5.74) is 0.0879. The molecule has 2 aromatic carbocycles. The van der Waals surface area contributed by atoms with Crippen LogP contribution < -0.4 is 5.32 Å². The van der Waals surface area contributed by atoms with Gasteiger partial charge in [0.2, 0.25) is 10.0 Å². The zero-order valence-electron chi connectivity index (χ0n) is 14.7. The molecule has 1 aliphatic rings. The highest BCUT2D eigenvalue weighted by molar-refractivity contribution is 7.89. The van der Waals surface area contributed by atoms with Gasteiger partial charge in [-0.15, -0.1) is 0 Å². The van der Waals surface area contributed by atoms with Gasteiger partial charge in [-0.05, 0) is 37.4 Å². The van der Waals surface area contributed by atoms with Crippen molar-refractivity contribution in [3.63, 3.8) is 0 Å². The van der Waals surface area contributed by atoms with Crippen molar-refractivity contribution >= 4 is 33.2 Å². The summed E-state index contributed by atoms with van der Waals surface area (Å²) in [6.45, 7) is 1.94. The lowest BCUT2D eigenvalue weighted by Crippen LogP contribution is -2.47. The Morgan fingerprint density at radius 2 is 1.78 bits per heavy atom. The van der Waals surface area contributed by atoms with Crippen LogP contribution in [0.5, 0.6) is 0 Å². The van der Waals surface area contributed by atoms with E-state index in [9.17, 15) is 17.6 Å². The van der Waals surface area contributed by atoms with Crippen molar-refractivity contribution in [2.24, 2.45) is 0 Å². The zero-order chi connectivity index (χ0) is 19.6. The van der Waals surface area contributed by atoms with Gasteiger partial charge in [0.1, 0.15) is 5.82 Å². The topological polar surface area (TPSA) is 69.7 Å². The van der Waals surface area contributed by atoms with Crippen molar-refractivity contribution in [2.75, 3.05) is 38.5 Å². The molecule has 0 bridgehead atoms. The Morgan fingerprint density at radius 1 is 1.11 bits per heavy atom. The summed E-state index contributed by atoms with van der Waals surface area (Å²) in [6, 6.07) is 9.85. The van der Waals surface area contributed by atoms with E-state index in [2.05, 4.69) is 5.32 Å². The minimum Gasteiger partial charge on any atom is -0.319 e. The molecule has 3 rings (SSSR count). The number of carbonyl (C=O) groups excluding carboxylic acids is 1. The van der Waals surface area contributed by atoms with Crippen LogP contribution in [0.1, 0.15) is 10.4 Å². The summed E-state index contributed by atoms with van der Waals surface area (Å²) < 4.78 is 41.1. The molecular weight excluding hydrogens is 393 g/mol. The molecule has 1 saturated heterocycles. The average molecular weight is 412 g/mol. The lowest BCUT2D eigenvalue weighted by molar-refractivity contribution is 0.102. The number of hydrogen-bond acceptors (Lipinski definition) is 4. The molecule has 9 heteroatoms. The zero-order valence-corrected chi connectivity index (χ0v) is 16.2. The Kier molecular flexibility index (Phi) is 5.81. The van der Waals surface area contributed by atoms with E-state index in [0.717, 1.165) is 6.07 Å². The first-order chi connectivity index (χ1) is 12.8. The predicted molar refractivity (Wildman–Crippen MR) is 102 cm³/mol. The largest absolute Gasteiger partial charge is 0.319 e. The maximum Gasteiger partial charge on any atom is 0.257 e. The monoisotopic (exact) mass is 411 g/mol. The fourth-order valence-corrected chi connectivity index (χ4v) is 4.43. The van der Waals surface area contributed by atoms with E-state index >= 15 is 0 Å². The van der Waals surface area contributed by atoms with Crippen molar-refractivity contribution < 1.29 is 17.6 Å². The highest BCUT2D eigenvalue weighted by atomic mass is 35.5. The number of carbonyl (C=O) groups is 1. The first-order valence-electron chi connectivity index (χ1n) is 8.33. The predicted octanol–water partition coefficient (Wildman–Crippen LogP) is 2.67. The number of piperazine rings is 1. The molecule has 0 saturated carbocycles. The maximum atomic E-state index is 14.4. The number of likely N-dealkylation sites (N-methyl/N-ethyl adjacent to an activating group) is 1. The summed E-state index contributed by atoms with van der Waals surface area (Å²) in [5.74, 6) is -1.40. The van der Waals surface area contributed by atoms with Gasteiger partial charge >= 0.3 is 0 Å². The highest BCUT2D eigenvalue weighted by Gasteiger charge is 2.28. The molecule has 0 aliphatic carbocycles. The molecule has 6 nitrogen and oxygen atoms in total. The molecule has 144 valence electrons. The smallest absolute Gasteiger partial charge is 0.257 e. The van der Waals surface area contributed by atoms with Crippen LogP contribution in [0.4, 0.5) is 10.1 Å². The van der Waals surface area contributed by atoms with E-state index in [4.69, 9.17) is 11.6 Å². The van der Waals surface area contributed by atoms with Crippen molar-refractivity contribution in [3.05, 3.63) is 58.9 Å². The van der Waals surface area contributed by atoms with Crippen molar-refractivity contribution in [1.82, 2.24) is 9.21 Å². The van der Waals surface area contributed by atoms with Gasteiger partial charge in [0.05, 0.1) is 21.2 Å². The minimum absolute atomic E-state index is 0.114. The van der Waals surface area contributed by atoms with E-state index in [1.807, 2.05) is 11.9 Å². The summed E-state index contributed by atoms with van der Waals surface area (Å²) in [6.07, 6.45) is 0. The third kappa shape index (κ3) is 4.30. The summed E-state index contributed by atoms with van der Waals surface area (Å²) in [7, 11) is -1.86. The van der Waals surface area contributed by atoms with Crippen LogP contribution in [0, 0.1) is 5.82 Å². The van der Waals surface area contributed by atoms with Crippen LogP contribution in [0.2, 0.25) is 5.02 Å². The Bertz CT molecular complexity index is 960. The molecule has 0 atom stereocenters. The maximum absolute atomic E-state index is 14.4. The van der Waals surface area contributed by atoms with Gasteiger partial charge in [-0.2, -0.15) is 4.31 Å². The van der Waals surface area contributed by atoms with Crippen LogP contribution in [0.25, 0.3) is 0 Å². The Balaban J connectivity index is 1.79. The average Bonchev–Trinajstić information content (AvgIpc) is 2.64. The van der Waals surface area contributed by atoms with Crippen molar-refractivity contribution in [3.8, 4) is 0 Å². The van der Waals surface area contributed by atoms with Gasteiger partial charge in [-0.3, -0.25) is 4.79 Å². The lowest BCUT2D eigenvalue weighted by atomic mass is 10.2. The highest BCUT2D eigenvalue weighted by Crippen LogP contribution is 2.24. The molecular formula is C18H19ClFN3O3S. The molecule has 1 aliphatic heterocycles. The SMILES string of the molecule is CN1CCN(S(=O)(=O)c2ccc(NC(=O)c3ccccc3Cl)c(F)c2)CC1. The summed E-state index contributed by atoms with van der Waals surface area (Å²) in [5, 5.41) is 2.66. The van der Waals surface area contributed by atoms with Crippen LogP contribution in [-0.2, 0) is 10.0 Å². The molecule has 27 heavy (non-hydrogen) atoms. The molecule has 1 N–H and O–H groups in total. The number of rotatable bonds is 4. The molecule has 0 radical (unpaired) electrons. The fourth-order valence-electron chi connectivity index (χ4n) is 2.77. The molecule has 1 amide bonds. The second-order valence-corrected chi connectivity index (χ2v) is 8.63. The molecule has 0 spiro atoms. The van der Waals surface area contributed by atoms with E-state index in [0.29, 0.717) is 26.2 Å². The Morgan fingerprint density at radius 3 is 2.41 bits per heavy atom. The van der Waals surface area contributed by atoms with Crippen LogP contribution in [-0.4, -0.2) is 56.8 Å².